The second kappa shape index (κ2) is 4.78. The van der Waals surface area contributed by atoms with Crippen molar-refractivity contribution in [2.45, 2.75) is 12.8 Å². The monoisotopic (exact) mass is 265 g/mol. The minimum Gasteiger partial charge on any atom is -0.423 e. The van der Waals surface area contributed by atoms with Crippen LogP contribution in [-0.4, -0.2) is 24.6 Å². The number of hydrogen-bond donors (Lipinski definition) is 1. The zero-order valence-electron chi connectivity index (χ0n) is 10.1. The summed E-state index contributed by atoms with van der Waals surface area (Å²) in [6.45, 7) is 2.64. The van der Waals surface area contributed by atoms with Gasteiger partial charge in [0.1, 0.15) is 5.52 Å². The van der Waals surface area contributed by atoms with Gasteiger partial charge in [0.05, 0.1) is 0 Å². The summed E-state index contributed by atoms with van der Waals surface area (Å²) in [6, 6.07) is 6.20. The van der Waals surface area contributed by atoms with Crippen LogP contribution in [0, 0.1) is 5.92 Å². The first-order valence-electron chi connectivity index (χ1n) is 6.27. The van der Waals surface area contributed by atoms with Crippen molar-refractivity contribution in [3.8, 4) is 0 Å². The van der Waals surface area contributed by atoms with Gasteiger partial charge >= 0.3 is 0 Å². The number of aromatic nitrogens is 1. The third-order valence-electron chi connectivity index (χ3n) is 3.46. The maximum absolute atomic E-state index is 5.94. The number of nitrogens with two attached hydrogens (primary N) is 1. The van der Waals surface area contributed by atoms with E-state index < -0.39 is 0 Å². The summed E-state index contributed by atoms with van der Waals surface area (Å²) in [5, 5.41) is 0.670. The van der Waals surface area contributed by atoms with Gasteiger partial charge in [-0.05, 0) is 37.4 Å². The zero-order valence-corrected chi connectivity index (χ0v) is 10.9. The molecule has 2 N–H and O–H groups in total. The fourth-order valence-corrected chi connectivity index (χ4v) is 2.61. The highest BCUT2D eigenvalue weighted by molar-refractivity contribution is 6.31. The molecule has 0 amide bonds. The number of oxazole rings is 1. The lowest BCUT2D eigenvalue weighted by Crippen LogP contribution is -2.38. The molecule has 0 radical (unpaired) electrons. The van der Waals surface area contributed by atoms with E-state index in [-0.39, 0.29) is 0 Å². The first-order chi connectivity index (χ1) is 8.76. The molecule has 1 aliphatic rings. The van der Waals surface area contributed by atoms with Crippen molar-refractivity contribution in [1.82, 2.24) is 4.98 Å². The molecule has 0 spiro atoms. The Morgan fingerprint density at radius 3 is 3.22 bits per heavy atom. The molecule has 1 aromatic carbocycles. The zero-order chi connectivity index (χ0) is 12.5. The molecule has 0 saturated carbocycles. The van der Waals surface area contributed by atoms with E-state index in [9.17, 15) is 0 Å². The van der Waals surface area contributed by atoms with Crippen LogP contribution in [0.3, 0.4) is 0 Å². The van der Waals surface area contributed by atoms with Crippen LogP contribution in [0.1, 0.15) is 12.8 Å². The molecule has 0 aliphatic carbocycles. The summed E-state index contributed by atoms with van der Waals surface area (Å²) in [4.78, 5) is 6.68. The van der Waals surface area contributed by atoms with Crippen molar-refractivity contribution < 1.29 is 4.42 Å². The van der Waals surface area contributed by atoms with E-state index in [0.29, 0.717) is 17.0 Å². The second-order valence-corrected chi connectivity index (χ2v) is 5.23. The summed E-state index contributed by atoms with van der Waals surface area (Å²) in [6.07, 6.45) is 2.33. The van der Waals surface area contributed by atoms with Gasteiger partial charge in [-0.15, -0.1) is 0 Å². The highest BCUT2D eigenvalue weighted by atomic mass is 35.5. The summed E-state index contributed by atoms with van der Waals surface area (Å²) in [5.74, 6) is 0.539. The van der Waals surface area contributed by atoms with Crippen LogP contribution in [0.15, 0.2) is 22.6 Å². The highest BCUT2D eigenvalue weighted by Crippen LogP contribution is 2.27. The second-order valence-electron chi connectivity index (χ2n) is 4.80. The minimum absolute atomic E-state index is 0.539. The van der Waals surface area contributed by atoms with E-state index >= 15 is 0 Å². The van der Waals surface area contributed by atoms with Gasteiger partial charge in [0.25, 0.3) is 6.01 Å². The first kappa shape index (κ1) is 11.8. The van der Waals surface area contributed by atoms with Crippen LogP contribution in [-0.2, 0) is 0 Å². The molecule has 1 aromatic heterocycles. The summed E-state index contributed by atoms with van der Waals surface area (Å²) in [5.41, 5.74) is 7.34. The van der Waals surface area contributed by atoms with Crippen molar-refractivity contribution in [2.24, 2.45) is 11.7 Å². The molecule has 96 valence electrons. The first-order valence-corrected chi connectivity index (χ1v) is 6.65. The highest BCUT2D eigenvalue weighted by Gasteiger charge is 2.22. The van der Waals surface area contributed by atoms with E-state index in [1.807, 2.05) is 12.1 Å². The molecule has 2 aromatic rings. The van der Waals surface area contributed by atoms with Crippen LogP contribution < -0.4 is 10.6 Å². The molecular formula is C13H16ClN3O. The summed E-state index contributed by atoms with van der Waals surface area (Å²) in [7, 11) is 0. The maximum Gasteiger partial charge on any atom is 0.298 e. The van der Waals surface area contributed by atoms with Crippen molar-refractivity contribution in [2.75, 3.05) is 24.5 Å². The molecular weight excluding hydrogens is 250 g/mol. The van der Waals surface area contributed by atoms with Gasteiger partial charge in [-0.25, -0.2) is 0 Å². The number of anilines is 1. The number of nitrogens with zero attached hydrogens (tertiary/aromatic N) is 2. The fourth-order valence-electron chi connectivity index (χ4n) is 2.45. The van der Waals surface area contributed by atoms with Crippen molar-refractivity contribution in [1.29, 1.82) is 0 Å². The van der Waals surface area contributed by atoms with Crippen LogP contribution in [0.4, 0.5) is 6.01 Å². The Hall–Kier alpha value is -1.26. The predicted molar refractivity (Wildman–Crippen MR) is 73.0 cm³/mol. The molecule has 18 heavy (non-hydrogen) atoms. The van der Waals surface area contributed by atoms with Gasteiger partial charge < -0.3 is 15.1 Å². The Balaban J connectivity index is 1.89. The molecule has 3 rings (SSSR count). The molecule has 1 saturated heterocycles. The lowest BCUT2D eigenvalue weighted by atomic mass is 9.99. The van der Waals surface area contributed by atoms with Crippen molar-refractivity contribution >= 4 is 28.7 Å². The Labute approximate surface area is 111 Å². The Kier molecular flexibility index (Phi) is 3.14. The largest absolute Gasteiger partial charge is 0.423 e. The summed E-state index contributed by atoms with van der Waals surface area (Å²) >= 11 is 5.94. The number of fused-ring (bicyclic) bond motifs is 1. The van der Waals surface area contributed by atoms with Gasteiger partial charge in [0.15, 0.2) is 5.58 Å². The molecule has 5 heteroatoms. The molecule has 1 aliphatic heterocycles. The number of halogens is 1. The smallest absolute Gasteiger partial charge is 0.298 e. The topological polar surface area (TPSA) is 55.3 Å². The van der Waals surface area contributed by atoms with Crippen LogP contribution in [0.5, 0.6) is 0 Å². The van der Waals surface area contributed by atoms with E-state index in [2.05, 4.69) is 9.88 Å². The third kappa shape index (κ3) is 2.18. The maximum atomic E-state index is 5.94. The fraction of sp³-hybridized carbons (Fsp3) is 0.462. The number of piperidine rings is 1. The van der Waals surface area contributed by atoms with Crippen LogP contribution >= 0.6 is 11.6 Å². The quantitative estimate of drug-likeness (QED) is 0.907. The number of hydrogen-bond acceptors (Lipinski definition) is 4. The van der Waals surface area contributed by atoms with Gasteiger partial charge in [-0.1, -0.05) is 11.6 Å². The molecule has 4 nitrogen and oxygen atoms in total. The Bertz CT molecular complexity index is 554. The van der Waals surface area contributed by atoms with Crippen molar-refractivity contribution in [3.63, 3.8) is 0 Å². The van der Waals surface area contributed by atoms with Crippen LogP contribution in [0.2, 0.25) is 5.02 Å². The van der Waals surface area contributed by atoms with E-state index in [4.69, 9.17) is 21.8 Å². The average Bonchev–Trinajstić information content (AvgIpc) is 2.81. The van der Waals surface area contributed by atoms with Crippen LogP contribution in [0.25, 0.3) is 11.1 Å². The lowest BCUT2D eigenvalue weighted by molar-refractivity contribution is 0.403. The van der Waals surface area contributed by atoms with Gasteiger partial charge in [0, 0.05) is 24.2 Å². The molecule has 0 bridgehead atoms. The van der Waals surface area contributed by atoms with Gasteiger partial charge in [0.2, 0.25) is 0 Å². The lowest BCUT2D eigenvalue weighted by Gasteiger charge is -2.30. The Morgan fingerprint density at radius 2 is 2.39 bits per heavy atom. The van der Waals surface area contributed by atoms with E-state index in [1.54, 1.807) is 6.07 Å². The molecule has 1 fully saturated rings. The van der Waals surface area contributed by atoms with Crippen molar-refractivity contribution in [3.05, 3.63) is 23.2 Å². The Morgan fingerprint density at radius 1 is 1.50 bits per heavy atom. The minimum atomic E-state index is 0.539. The third-order valence-corrected chi connectivity index (χ3v) is 3.70. The van der Waals surface area contributed by atoms with Gasteiger partial charge in [-0.2, -0.15) is 4.98 Å². The van der Waals surface area contributed by atoms with Gasteiger partial charge in [-0.3, -0.25) is 0 Å². The van der Waals surface area contributed by atoms with E-state index in [0.717, 1.165) is 37.2 Å². The molecule has 1 atom stereocenters. The summed E-state index contributed by atoms with van der Waals surface area (Å²) < 4.78 is 5.77. The SMILES string of the molecule is NC[C@H]1CCCN(c2nc3ccc(Cl)cc3o2)C1. The normalized spacial score (nSPS) is 20.6. The molecule has 0 unspecified atom stereocenters. The molecule has 2 heterocycles. The predicted octanol–water partition coefficient (Wildman–Crippen LogP) is 2.66. The average molecular weight is 266 g/mol. The number of rotatable bonds is 2. The van der Waals surface area contributed by atoms with E-state index in [1.165, 1.54) is 6.42 Å². The standard InChI is InChI=1S/C13H16ClN3O/c14-10-3-4-11-12(6-10)18-13(16-11)17-5-1-2-9(7-15)8-17/h3-4,6,9H,1-2,5,7-8,15H2/t9-/m1/s1. The number of benzene rings is 1.